The third kappa shape index (κ3) is 2.92. The second-order valence-corrected chi connectivity index (χ2v) is 4.54. The molecule has 3 N–H and O–H groups in total. The van der Waals surface area contributed by atoms with Gasteiger partial charge in [0.05, 0.1) is 6.10 Å². The van der Waals surface area contributed by atoms with Crippen molar-refractivity contribution >= 4 is 5.91 Å². The Morgan fingerprint density at radius 3 is 2.87 bits per heavy atom. The van der Waals surface area contributed by atoms with Crippen LogP contribution < -0.4 is 11.1 Å². The van der Waals surface area contributed by atoms with Crippen LogP contribution in [0.5, 0.6) is 0 Å². The summed E-state index contributed by atoms with van der Waals surface area (Å²) in [6.07, 6.45) is 2.44. The van der Waals surface area contributed by atoms with Gasteiger partial charge in [0.1, 0.15) is 5.54 Å². The van der Waals surface area contributed by atoms with Crippen molar-refractivity contribution in [1.82, 2.24) is 5.32 Å². The summed E-state index contributed by atoms with van der Waals surface area (Å²) in [7, 11) is 0. The van der Waals surface area contributed by atoms with Crippen molar-refractivity contribution in [2.24, 2.45) is 5.73 Å². The van der Waals surface area contributed by atoms with Gasteiger partial charge in [-0.05, 0) is 26.7 Å². The Morgan fingerprint density at radius 2 is 2.40 bits per heavy atom. The van der Waals surface area contributed by atoms with Crippen molar-refractivity contribution < 1.29 is 9.53 Å². The molecule has 0 aromatic heterocycles. The van der Waals surface area contributed by atoms with E-state index in [2.05, 4.69) is 19.2 Å². The summed E-state index contributed by atoms with van der Waals surface area (Å²) in [5, 5.41) is 3.36. The SMILES string of the molecule is CCC(C)NC1(C(N)=O)CCOC(C)C1. The number of amides is 1. The van der Waals surface area contributed by atoms with Crippen LogP contribution in [0.2, 0.25) is 0 Å². The van der Waals surface area contributed by atoms with Crippen LogP contribution in [-0.2, 0) is 9.53 Å². The van der Waals surface area contributed by atoms with E-state index in [1.54, 1.807) is 0 Å². The van der Waals surface area contributed by atoms with Gasteiger partial charge < -0.3 is 15.8 Å². The maximum absolute atomic E-state index is 11.6. The van der Waals surface area contributed by atoms with Crippen molar-refractivity contribution in [1.29, 1.82) is 0 Å². The first kappa shape index (κ1) is 12.5. The van der Waals surface area contributed by atoms with Gasteiger partial charge in [0.2, 0.25) is 5.91 Å². The van der Waals surface area contributed by atoms with Crippen LogP contribution in [0, 0.1) is 0 Å². The molecule has 4 heteroatoms. The Morgan fingerprint density at radius 1 is 1.73 bits per heavy atom. The van der Waals surface area contributed by atoms with Crippen molar-refractivity contribution in [3.63, 3.8) is 0 Å². The molecular weight excluding hydrogens is 192 g/mol. The lowest BCUT2D eigenvalue weighted by molar-refractivity contribution is -0.131. The molecule has 1 heterocycles. The van der Waals surface area contributed by atoms with E-state index in [0.29, 0.717) is 25.5 Å². The van der Waals surface area contributed by atoms with Crippen LogP contribution in [-0.4, -0.2) is 30.2 Å². The van der Waals surface area contributed by atoms with Crippen LogP contribution in [0.25, 0.3) is 0 Å². The molecule has 0 bridgehead atoms. The molecule has 0 radical (unpaired) electrons. The number of hydrogen-bond acceptors (Lipinski definition) is 3. The molecule has 0 spiro atoms. The van der Waals surface area contributed by atoms with Gasteiger partial charge in [0.15, 0.2) is 0 Å². The summed E-state index contributed by atoms with van der Waals surface area (Å²) in [6.45, 7) is 6.75. The minimum absolute atomic E-state index is 0.0998. The Balaban J connectivity index is 2.73. The first-order valence-corrected chi connectivity index (χ1v) is 5.69. The largest absolute Gasteiger partial charge is 0.378 e. The van der Waals surface area contributed by atoms with E-state index in [0.717, 1.165) is 6.42 Å². The maximum atomic E-state index is 11.6. The summed E-state index contributed by atoms with van der Waals surface area (Å²) < 4.78 is 5.45. The lowest BCUT2D eigenvalue weighted by Gasteiger charge is -2.40. The molecule has 0 aliphatic carbocycles. The number of ether oxygens (including phenoxy) is 1. The van der Waals surface area contributed by atoms with E-state index in [9.17, 15) is 4.79 Å². The predicted octanol–water partition coefficient (Wildman–Crippen LogP) is 0.797. The molecule has 1 rings (SSSR count). The number of carbonyl (C=O) groups excluding carboxylic acids is 1. The number of rotatable bonds is 4. The first-order valence-electron chi connectivity index (χ1n) is 5.69. The zero-order chi connectivity index (χ0) is 11.5. The van der Waals surface area contributed by atoms with Crippen molar-refractivity contribution in [3.8, 4) is 0 Å². The van der Waals surface area contributed by atoms with Crippen LogP contribution >= 0.6 is 0 Å². The molecule has 1 aliphatic heterocycles. The smallest absolute Gasteiger partial charge is 0.237 e. The number of nitrogens with one attached hydrogen (secondary N) is 1. The van der Waals surface area contributed by atoms with Gasteiger partial charge in [-0.15, -0.1) is 0 Å². The number of primary amides is 1. The first-order chi connectivity index (χ1) is 7.00. The highest BCUT2D eigenvalue weighted by Gasteiger charge is 2.41. The highest BCUT2D eigenvalue weighted by molar-refractivity contribution is 5.84. The van der Waals surface area contributed by atoms with Crippen molar-refractivity contribution in [2.45, 2.75) is 57.7 Å². The summed E-state index contributed by atoms with van der Waals surface area (Å²) >= 11 is 0. The molecule has 88 valence electrons. The minimum Gasteiger partial charge on any atom is -0.378 e. The topological polar surface area (TPSA) is 64.3 Å². The van der Waals surface area contributed by atoms with Gasteiger partial charge in [-0.3, -0.25) is 4.79 Å². The second kappa shape index (κ2) is 4.94. The number of carbonyl (C=O) groups is 1. The summed E-state index contributed by atoms with van der Waals surface area (Å²) in [6, 6.07) is 0.308. The fraction of sp³-hybridized carbons (Fsp3) is 0.909. The van der Waals surface area contributed by atoms with E-state index < -0.39 is 5.54 Å². The average molecular weight is 214 g/mol. The van der Waals surface area contributed by atoms with Crippen molar-refractivity contribution in [2.75, 3.05) is 6.61 Å². The van der Waals surface area contributed by atoms with Crippen LogP contribution in [0.4, 0.5) is 0 Å². The molecule has 4 nitrogen and oxygen atoms in total. The molecule has 1 fully saturated rings. The molecule has 3 atom stereocenters. The molecule has 1 saturated heterocycles. The fourth-order valence-electron chi connectivity index (χ4n) is 2.09. The fourth-order valence-corrected chi connectivity index (χ4v) is 2.09. The van der Waals surface area contributed by atoms with Gasteiger partial charge in [0.25, 0.3) is 0 Å². The number of hydrogen-bond donors (Lipinski definition) is 2. The molecule has 0 aromatic carbocycles. The van der Waals surface area contributed by atoms with Gasteiger partial charge in [0, 0.05) is 19.1 Å². The highest BCUT2D eigenvalue weighted by atomic mass is 16.5. The zero-order valence-electron chi connectivity index (χ0n) is 9.88. The second-order valence-electron chi connectivity index (χ2n) is 4.54. The Bertz CT molecular complexity index is 233. The Kier molecular flexibility index (Phi) is 4.11. The summed E-state index contributed by atoms with van der Waals surface area (Å²) in [4.78, 5) is 11.6. The highest BCUT2D eigenvalue weighted by Crippen LogP contribution is 2.25. The lowest BCUT2D eigenvalue weighted by Crippen LogP contribution is -2.61. The summed E-state index contributed by atoms with van der Waals surface area (Å²) in [5.74, 6) is -0.252. The lowest BCUT2D eigenvalue weighted by atomic mass is 9.85. The molecule has 0 saturated carbocycles. The number of nitrogens with two attached hydrogens (primary N) is 1. The molecule has 1 amide bonds. The monoisotopic (exact) mass is 214 g/mol. The maximum Gasteiger partial charge on any atom is 0.237 e. The third-order valence-corrected chi connectivity index (χ3v) is 3.17. The van der Waals surface area contributed by atoms with Gasteiger partial charge >= 0.3 is 0 Å². The van der Waals surface area contributed by atoms with Crippen LogP contribution in [0.1, 0.15) is 40.0 Å². The van der Waals surface area contributed by atoms with E-state index in [1.807, 2.05) is 6.92 Å². The van der Waals surface area contributed by atoms with Gasteiger partial charge in [-0.1, -0.05) is 6.92 Å². The summed E-state index contributed by atoms with van der Waals surface area (Å²) in [5.41, 5.74) is 4.95. The standard InChI is InChI=1S/C11H22N2O2/c1-4-8(2)13-11(10(12)14)5-6-15-9(3)7-11/h8-9,13H,4-7H2,1-3H3,(H2,12,14). The molecule has 1 aliphatic rings. The quantitative estimate of drug-likeness (QED) is 0.727. The molecule has 0 aromatic rings. The zero-order valence-corrected chi connectivity index (χ0v) is 9.88. The van der Waals surface area contributed by atoms with Gasteiger partial charge in [-0.2, -0.15) is 0 Å². The minimum atomic E-state index is -0.562. The Hall–Kier alpha value is -0.610. The van der Waals surface area contributed by atoms with E-state index >= 15 is 0 Å². The normalized spacial score (nSPS) is 33.7. The van der Waals surface area contributed by atoms with Crippen molar-refractivity contribution in [3.05, 3.63) is 0 Å². The predicted molar refractivity (Wildman–Crippen MR) is 59.5 cm³/mol. The van der Waals surface area contributed by atoms with Crippen LogP contribution in [0.3, 0.4) is 0 Å². The van der Waals surface area contributed by atoms with E-state index in [4.69, 9.17) is 10.5 Å². The molecule has 15 heavy (non-hydrogen) atoms. The van der Waals surface area contributed by atoms with E-state index in [1.165, 1.54) is 0 Å². The molecule has 3 unspecified atom stereocenters. The third-order valence-electron chi connectivity index (χ3n) is 3.17. The van der Waals surface area contributed by atoms with Crippen LogP contribution in [0.15, 0.2) is 0 Å². The van der Waals surface area contributed by atoms with E-state index in [-0.39, 0.29) is 12.0 Å². The Labute approximate surface area is 91.5 Å². The average Bonchev–Trinajstić information content (AvgIpc) is 2.17. The van der Waals surface area contributed by atoms with Gasteiger partial charge in [-0.25, -0.2) is 0 Å². The molecular formula is C11H22N2O2.